The standard InChI is InChI=1S/C20H34N2O3/c1-19(2,3)15-14-16(18(23-7)21-17(15)20(4,5)6)25-13-10-22-8-11-24-12-9-22/h14H,8-13H2,1-7H3. The first kappa shape index (κ1) is 20.0. The lowest BCUT2D eigenvalue weighted by Gasteiger charge is -2.30. The van der Waals surface area contributed by atoms with Gasteiger partial charge in [0.25, 0.3) is 5.88 Å². The molecule has 1 fully saturated rings. The van der Waals surface area contributed by atoms with Crippen molar-refractivity contribution < 1.29 is 14.2 Å². The molecule has 0 aromatic carbocycles. The summed E-state index contributed by atoms with van der Waals surface area (Å²) in [5.41, 5.74) is 2.21. The maximum Gasteiger partial charge on any atom is 0.257 e. The van der Waals surface area contributed by atoms with E-state index in [-0.39, 0.29) is 10.8 Å². The summed E-state index contributed by atoms with van der Waals surface area (Å²) in [6.45, 7) is 18.2. The van der Waals surface area contributed by atoms with Crippen LogP contribution in [-0.4, -0.2) is 56.4 Å². The number of hydrogen-bond acceptors (Lipinski definition) is 5. The first-order chi connectivity index (χ1) is 11.6. The third kappa shape index (κ3) is 5.32. The van der Waals surface area contributed by atoms with Crippen LogP contribution in [0.4, 0.5) is 0 Å². The van der Waals surface area contributed by atoms with Gasteiger partial charge in [-0.15, -0.1) is 0 Å². The molecule has 25 heavy (non-hydrogen) atoms. The first-order valence-electron chi connectivity index (χ1n) is 9.16. The first-order valence-corrected chi connectivity index (χ1v) is 9.16. The third-order valence-electron chi connectivity index (χ3n) is 4.44. The Morgan fingerprint density at radius 3 is 2.24 bits per heavy atom. The predicted octanol–water partition coefficient (Wildman–Crippen LogP) is 3.40. The van der Waals surface area contributed by atoms with E-state index >= 15 is 0 Å². The highest BCUT2D eigenvalue weighted by atomic mass is 16.5. The van der Waals surface area contributed by atoms with Crippen molar-refractivity contribution in [2.45, 2.75) is 52.4 Å². The van der Waals surface area contributed by atoms with Crippen LogP contribution in [0.3, 0.4) is 0 Å². The number of aromatic nitrogens is 1. The molecule has 0 aliphatic carbocycles. The number of morpholine rings is 1. The van der Waals surface area contributed by atoms with Crippen LogP contribution in [0, 0.1) is 0 Å². The summed E-state index contributed by atoms with van der Waals surface area (Å²) < 4.78 is 17.0. The Bertz CT molecular complexity index is 568. The van der Waals surface area contributed by atoms with Crippen molar-refractivity contribution in [3.05, 3.63) is 17.3 Å². The van der Waals surface area contributed by atoms with Gasteiger partial charge in [-0.05, 0) is 17.0 Å². The molecule has 1 aliphatic rings. The van der Waals surface area contributed by atoms with E-state index in [1.807, 2.05) is 0 Å². The normalized spacial score (nSPS) is 16.8. The predicted molar refractivity (Wildman–Crippen MR) is 101 cm³/mol. The lowest BCUT2D eigenvalue weighted by atomic mass is 9.78. The van der Waals surface area contributed by atoms with Crippen LogP contribution >= 0.6 is 0 Å². The molecule has 2 rings (SSSR count). The van der Waals surface area contributed by atoms with Crippen molar-refractivity contribution in [3.63, 3.8) is 0 Å². The second kappa shape index (κ2) is 7.92. The topological polar surface area (TPSA) is 43.8 Å². The fourth-order valence-electron chi connectivity index (χ4n) is 2.98. The van der Waals surface area contributed by atoms with E-state index in [1.165, 1.54) is 5.56 Å². The minimum atomic E-state index is -0.0533. The van der Waals surface area contributed by atoms with Crippen molar-refractivity contribution in [1.82, 2.24) is 9.88 Å². The molecule has 1 aromatic rings. The van der Waals surface area contributed by atoms with Gasteiger partial charge in [0.2, 0.25) is 0 Å². The van der Waals surface area contributed by atoms with Crippen LogP contribution in [0.5, 0.6) is 11.6 Å². The van der Waals surface area contributed by atoms with E-state index < -0.39 is 0 Å². The maximum atomic E-state index is 6.06. The summed E-state index contributed by atoms with van der Waals surface area (Å²) in [4.78, 5) is 7.17. The van der Waals surface area contributed by atoms with Gasteiger partial charge in [-0.1, -0.05) is 41.5 Å². The highest BCUT2D eigenvalue weighted by molar-refractivity contribution is 5.44. The van der Waals surface area contributed by atoms with Crippen LogP contribution in [0.25, 0.3) is 0 Å². The summed E-state index contributed by atoms with van der Waals surface area (Å²) in [6.07, 6.45) is 0. The lowest BCUT2D eigenvalue weighted by molar-refractivity contribution is 0.0320. The molecular weight excluding hydrogens is 316 g/mol. The summed E-state index contributed by atoms with van der Waals surface area (Å²) >= 11 is 0. The molecule has 0 atom stereocenters. The van der Waals surface area contributed by atoms with Gasteiger partial charge in [0, 0.05) is 25.0 Å². The van der Waals surface area contributed by atoms with Gasteiger partial charge in [-0.2, -0.15) is 0 Å². The maximum absolute atomic E-state index is 6.06. The zero-order chi connectivity index (χ0) is 18.7. The summed E-state index contributed by atoms with van der Waals surface area (Å²) in [7, 11) is 1.65. The van der Waals surface area contributed by atoms with E-state index in [4.69, 9.17) is 19.2 Å². The number of pyridine rings is 1. The highest BCUT2D eigenvalue weighted by Gasteiger charge is 2.29. The monoisotopic (exact) mass is 350 g/mol. The van der Waals surface area contributed by atoms with Crippen LogP contribution in [-0.2, 0) is 15.6 Å². The van der Waals surface area contributed by atoms with Gasteiger partial charge in [0.15, 0.2) is 5.75 Å². The largest absolute Gasteiger partial charge is 0.487 e. The van der Waals surface area contributed by atoms with E-state index in [1.54, 1.807) is 7.11 Å². The van der Waals surface area contributed by atoms with Gasteiger partial charge in [0.1, 0.15) is 6.61 Å². The number of rotatable bonds is 5. The van der Waals surface area contributed by atoms with Crippen molar-refractivity contribution >= 4 is 0 Å². The molecule has 0 unspecified atom stereocenters. The zero-order valence-corrected chi connectivity index (χ0v) is 16.9. The Morgan fingerprint density at radius 2 is 1.72 bits per heavy atom. The molecule has 2 heterocycles. The minimum Gasteiger partial charge on any atom is -0.487 e. The smallest absolute Gasteiger partial charge is 0.257 e. The molecule has 1 aromatic heterocycles. The van der Waals surface area contributed by atoms with Gasteiger partial charge in [0.05, 0.1) is 26.0 Å². The van der Waals surface area contributed by atoms with Crippen LogP contribution in [0.15, 0.2) is 6.07 Å². The Labute approximate surface area is 152 Å². The van der Waals surface area contributed by atoms with E-state index in [0.29, 0.717) is 12.5 Å². The van der Waals surface area contributed by atoms with Gasteiger partial charge >= 0.3 is 0 Å². The third-order valence-corrected chi connectivity index (χ3v) is 4.44. The average molecular weight is 351 g/mol. The van der Waals surface area contributed by atoms with Gasteiger partial charge < -0.3 is 14.2 Å². The molecule has 5 nitrogen and oxygen atoms in total. The van der Waals surface area contributed by atoms with Crippen molar-refractivity contribution in [1.29, 1.82) is 0 Å². The Hall–Kier alpha value is -1.33. The number of methoxy groups -OCH3 is 1. The molecule has 1 saturated heterocycles. The molecule has 0 saturated carbocycles. The van der Waals surface area contributed by atoms with Crippen molar-refractivity contribution in [3.8, 4) is 11.6 Å². The quantitative estimate of drug-likeness (QED) is 0.814. The van der Waals surface area contributed by atoms with E-state index in [2.05, 4.69) is 52.5 Å². The van der Waals surface area contributed by atoms with E-state index in [0.717, 1.165) is 44.3 Å². The molecular formula is C20H34N2O3. The molecule has 0 radical (unpaired) electrons. The van der Waals surface area contributed by atoms with Crippen molar-refractivity contribution in [2.24, 2.45) is 0 Å². The molecule has 0 amide bonds. The van der Waals surface area contributed by atoms with Crippen LogP contribution in [0.1, 0.15) is 52.8 Å². The summed E-state index contributed by atoms with van der Waals surface area (Å²) in [5, 5.41) is 0. The highest BCUT2D eigenvalue weighted by Crippen LogP contribution is 2.38. The molecule has 142 valence electrons. The summed E-state index contributed by atoms with van der Waals surface area (Å²) in [6, 6.07) is 2.12. The number of nitrogens with zero attached hydrogens (tertiary/aromatic N) is 2. The van der Waals surface area contributed by atoms with E-state index in [9.17, 15) is 0 Å². The van der Waals surface area contributed by atoms with Crippen molar-refractivity contribution in [2.75, 3.05) is 46.6 Å². The van der Waals surface area contributed by atoms with Gasteiger partial charge in [-0.3, -0.25) is 4.90 Å². The number of ether oxygens (including phenoxy) is 3. The molecule has 5 heteroatoms. The molecule has 0 N–H and O–H groups in total. The number of hydrogen-bond donors (Lipinski definition) is 0. The molecule has 1 aliphatic heterocycles. The summed E-state index contributed by atoms with van der Waals surface area (Å²) in [5.74, 6) is 1.30. The zero-order valence-electron chi connectivity index (χ0n) is 16.9. The Balaban J connectivity index is 2.21. The Kier molecular flexibility index (Phi) is 6.33. The second-order valence-electron chi connectivity index (χ2n) is 8.69. The molecule has 0 spiro atoms. The van der Waals surface area contributed by atoms with Gasteiger partial charge in [-0.25, -0.2) is 4.98 Å². The average Bonchev–Trinajstić information content (AvgIpc) is 2.53. The fraction of sp³-hybridized carbons (Fsp3) is 0.750. The molecule has 0 bridgehead atoms. The fourth-order valence-corrected chi connectivity index (χ4v) is 2.98. The second-order valence-corrected chi connectivity index (χ2v) is 8.69. The lowest BCUT2D eigenvalue weighted by Crippen LogP contribution is -2.38. The minimum absolute atomic E-state index is 0.00972. The van der Waals surface area contributed by atoms with Crippen LogP contribution in [0.2, 0.25) is 0 Å². The van der Waals surface area contributed by atoms with Crippen LogP contribution < -0.4 is 9.47 Å². The Morgan fingerprint density at radius 1 is 1.08 bits per heavy atom. The SMILES string of the molecule is COc1nc(C(C)(C)C)c(C(C)(C)C)cc1OCCN1CCOCC1.